The molecule has 0 spiro atoms. The highest BCUT2D eigenvalue weighted by molar-refractivity contribution is 5.89. The molecule has 1 aliphatic carbocycles. The molecule has 0 saturated carbocycles. The first-order valence-electron chi connectivity index (χ1n) is 17.8. The van der Waals surface area contributed by atoms with Gasteiger partial charge in [0, 0.05) is 42.9 Å². The predicted molar refractivity (Wildman–Crippen MR) is 194 cm³/mol. The molecule has 50 heavy (non-hydrogen) atoms. The zero-order valence-corrected chi connectivity index (χ0v) is 30.0. The molecule has 13 nitrogen and oxygen atoms in total. The van der Waals surface area contributed by atoms with E-state index in [1.54, 1.807) is 4.68 Å². The summed E-state index contributed by atoms with van der Waals surface area (Å²) in [6.07, 6.45) is 8.82. The molecule has 2 aliphatic rings. The normalized spacial score (nSPS) is 19.5. The maximum absolute atomic E-state index is 13.6. The summed E-state index contributed by atoms with van der Waals surface area (Å²) in [6.45, 7) is 11.2. The topological polar surface area (TPSA) is 123 Å². The minimum absolute atomic E-state index is 0.156. The van der Waals surface area contributed by atoms with Gasteiger partial charge in [-0.25, -0.2) is 4.79 Å². The van der Waals surface area contributed by atoms with Gasteiger partial charge in [-0.15, -0.1) is 10.2 Å². The number of hydrogen-bond donors (Lipinski definition) is 2. The number of piperidine rings is 1. The molecule has 1 saturated heterocycles. The summed E-state index contributed by atoms with van der Waals surface area (Å²) in [4.78, 5) is 18.1. The van der Waals surface area contributed by atoms with Gasteiger partial charge in [-0.2, -0.15) is 14.9 Å². The third-order valence-electron chi connectivity index (χ3n) is 9.78. The number of likely N-dealkylation sites (N-methyl/N-ethyl adjacent to an activating group) is 1. The first-order valence-corrected chi connectivity index (χ1v) is 17.8. The number of nitrogens with one attached hydrogen (secondary N) is 2. The van der Waals surface area contributed by atoms with Crippen LogP contribution < -0.4 is 20.3 Å². The molecule has 3 atom stereocenters. The van der Waals surface area contributed by atoms with Crippen LogP contribution in [-0.2, 0) is 12.0 Å². The number of amides is 2. The van der Waals surface area contributed by atoms with Crippen molar-refractivity contribution < 1.29 is 9.53 Å². The maximum atomic E-state index is 13.6. The Morgan fingerprint density at radius 2 is 1.82 bits per heavy atom. The predicted octanol–water partition coefficient (Wildman–Crippen LogP) is 6.13. The number of aromatic nitrogens is 7. The highest BCUT2D eigenvalue weighted by atomic mass is 16.5. The van der Waals surface area contributed by atoms with E-state index in [1.807, 2.05) is 72.0 Å². The van der Waals surface area contributed by atoms with Gasteiger partial charge in [-0.05, 0) is 76.4 Å². The van der Waals surface area contributed by atoms with Crippen LogP contribution in [0.15, 0.2) is 60.9 Å². The number of benzene rings is 1. The van der Waals surface area contributed by atoms with Gasteiger partial charge >= 0.3 is 6.03 Å². The van der Waals surface area contributed by atoms with E-state index in [0.717, 1.165) is 79.5 Å². The molecule has 1 fully saturated rings. The molecule has 5 aromatic rings. The molecule has 3 unspecified atom stereocenters. The van der Waals surface area contributed by atoms with Crippen molar-refractivity contribution in [3.05, 3.63) is 77.7 Å². The lowest BCUT2D eigenvalue weighted by Crippen LogP contribution is -2.38. The Hall–Kier alpha value is -4.91. The van der Waals surface area contributed by atoms with E-state index >= 15 is 0 Å². The first kappa shape index (κ1) is 33.6. The van der Waals surface area contributed by atoms with Crippen LogP contribution in [-0.4, -0.2) is 78.3 Å². The Morgan fingerprint density at radius 1 is 1.00 bits per heavy atom. The Labute approximate surface area is 293 Å². The highest BCUT2D eigenvalue weighted by Crippen LogP contribution is 2.39. The second kappa shape index (κ2) is 13.8. The molecule has 13 heteroatoms. The number of pyridine rings is 1. The lowest BCUT2D eigenvalue weighted by molar-refractivity contribution is 0.171. The fourth-order valence-corrected chi connectivity index (χ4v) is 6.92. The third-order valence-corrected chi connectivity index (χ3v) is 9.78. The molecule has 7 rings (SSSR count). The van der Waals surface area contributed by atoms with Crippen molar-refractivity contribution in [2.45, 2.75) is 89.9 Å². The molecular weight excluding hydrogens is 630 g/mol. The van der Waals surface area contributed by atoms with Crippen LogP contribution in [0.1, 0.15) is 88.8 Å². The van der Waals surface area contributed by atoms with E-state index in [1.165, 1.54) is 6.42 Å². The van der Waals surface area contributed by atoms with Gasteiger partial charge in [-0.1, -0.05) is 45.0 Å². The maximum Gasteiger partial charge on any atom is 0.320 e. The molecule has 0 bridgehead atoms. The molecule has 1 aliphatic heterocycles. The lowest BCUT2D eigenvalue weighted by Gasteiger charge is -2.33. The smallest absolute Gasteiger partial charge is 0.320 e. The second-order valence-electron chi connectivity index (χ2n) is 14.9. The van der Waals surface area contributed by atoms with E-state index in [9.17, 15) is 4.79 Å². The molecule has 4 aromatic heterocycles. The number of nitrogens with zero attached hydrogens (tertiary/aromatic N) is 9. The molecular formula is C37H49N11O2. The zero-order chi connectivity index (χ0) is 35.0. The van der Waals surface area contributed by atoms with Crippen molar-refractivity contribution in [3.63, 3.8) is 0 Å². The van der Waals surface area contributed by atoms with Crippen LogP contribution >= 0.6 is 0 Å². The van der Waals surface area contributed by atoms with Gasteiger partial charge < -0.3 is 19.9 Å². The van der Waals surface area contributed by atoms with Gasteiger partial charge in [0.05, 0.1) is 24.5 Å². The van der Waals surface area contributed by atoms with Gasteiger partial charge in [0.2, 0.25) is 5.95 Å². The van der Waals surface area contributed by atoms with Crippen molar-refractivity contribution in [1.29, 1.82) is 0 Å². The van der Waals surface area contributed by atoms with Crippen LogP contribution in [0.2, 0.25) is 0 Å². The van der Waals surface area contributed by atoms with Crippen LogP contribution in [0.4, 0.5) is 16.6 Å². The summed E-state index contributed by atoms with van der Waals surface area (Å²) in [6, 6.07) is 16.0. The van der Waals surface area contributed by atoms with Crippen LogP contribution in [0.5, 0.6) is 5.75 Å². The molecule has 2 N–H and O–H groups in total. The summed E-state index contributed by atoms with van der Waals surface area (Å²) < 4.78 is 12.3. The Bertz CT molecular complexity index is 1950. The van der Waals surface area contributed by atoms with Crippen LogP contribution in [0.3, 0.4) is 0 Å². The highest BCUT2D eigenvalue weighted by Gasteiger charge is 2.31. The Balaban J connectivity index is 1.07. The molecule has 2 amide bonds. The van der Waals surface area contributed by atoms with E-state index in [-0.39, 0.29) is 23.6 Å². The van der Waals surface area contributed by atoms with Gasteiger partial charge in [-0.3, -0.25) is 14.4 Å². The van der Waals surface area contributed by atoms with E-state index in [0.29, 0.717) is 17.7 Å². The third kappa shape index (κ3) is 7.05. The number of rotatable bonds is 9. The number of urea groups is 1. The van der Waals surface area contributed by atoms with Crippen molar-refractivity contribution in [3.8, 4) is 11.6 Å². The standard InChI is InChI=1S/C37H49N11O2/c1-25-11-9-10-19-46(25)36-41-40-32-17-14-26(24-47(32)36)50-30-16-15-29(27-12-7-8-13-28(27)30)38-35(49)39-34-23-31(37(2,3)4)42-48(34)33-18-20-45(43-33)22-21-44(5)6/h7-8,12-14,17-18,20,23-25,29-30H,9-11,15-16,19,21-22H2,1-6H3,(H2,38,39,49). The van der Waals surface area contributed by atoms with E-state index in [2.05, 4.69) is 70.5 Å². The average Bonchev–Trinajstić information content (AvgIpc) is 3.84. The number of fused-ring (bicyclic) bond motifs is 2. The first-order chi connectivity index (χ1) is 24.0. The fraction of sp³-hybridized carbons (Fsp3) is 0.486. The molecule has 5 heterocycles. The number of hydrogen-bond acceptors (Lipinski definition) is 8. The summed E-state index contributed by atoms with van der Waals surface area (Å²) in [7, 11) is 4.08. The summed E-state index contributed by atoms with van der Waals surface area (Å²) in [5.41, 5.74) is 3.57. The SMILES string of the molecule is CC1CCCCN1c1nnc2ccc(OC3CCC(NC(=O)Nc4cc(C(C)(C)C)nn4-c4ccn(CCN(C)C)n4)c4ccccc43)cn12. The van der Waals surface area contributed by atoms with E-state index in [4.69, 9.17) is 14.9 Å². The van der Waals surface area contributed by atoms with Crippen molar-refractivity contribution in [1.82, 2.24) is 44.4 Å². The minimum Gasteiger partial charge on any atom is -0.484 e. The van der Waals surface area contributed by atoms with Gasteiger partial charge in [0.25, 0.3) is 0 Å². The van der Waals surface area contributed by atoms with Crippen molar-refractivity contribution >= 4 is 23.4 Å². The van der Waals surface area contributed by atoms with Crippen molar-refractivity contribution in [2.75, 3.05) is 37.4 Å². The van der Waals surface area contributed by atoms with Crippen LogP contribution in [0, 0.1) is 0 Å². The average molecular weight is 680 g/mol. The monoisotopic (exact) mass is 679 g/mol. The molecule has 264 valence electrons. The number of carbonyl (C=O) groups is 1. The van der Waals surface area contributed by atoms with E-state index < -0.39 is 0 Å². The largest absolute Gasteiger partial charge is 0.484 e. The van der Waals surface area contributed by atoms with Crippen LogP contribution in [0.25, 0.3) is 11.5 Å². The molecule has 1 aromatic carbocycles. The summed E-state index contributed by atoms with van der Waals surface area (Å²) >= 11 is 0. The second-order valence-corrected chi connectivity index (χ2v) is 14.9. The zero-order valence-electron chi connectivity index (χ0n) is 30.0. The summed E-state index contributed by atoms with van der Waals surface area (Å²) in [5.74, 6) is 2.85. The minimum atomic E-state index is -0.296. The van der Waals surface area contributed by atoms with Gasteiger partial charge in [0.15, 0.2) is 11.5 Å². The lowest BCUT2D eigenvalue weighted by atomic mass is 9.85. The Kier molecular flexibility index (Phi) is 9.25. The number of carbonyl (C=O) groups excluding carboxylic acids is 1. The fourth-order valence-electron chi connectivity index (χ4n) is 6.92. The van der Waals surface area contributed by atoms with Gasteiger partial charge in [0.1, 0.15) is 17.7 Å². The molecule has 0 radical (unpaired) electrons. The Morgan fingerprint density at radius 3 is 2.60 bits per heavy atom. The number of ether oxygens (including phenoxy) is 1. The quantitative estimate of drug-likeness (QED) is 0.191. The van der Waals surface area contributed by atoms with Crippen molar-refractivity contribution in [2.24, 2.45) is 0 Å². The number of anilines is 2. The summed E-state index contributed by atoms with van der Waals surface area (Å²) in [5, 5.41) is 24.9.